The maximum atomic E-state index is 12.2. The number of nitrogens with zero attached hydrogens (tertiary/aromatic N) is 3. The van der Waals surface area contributed by atoms with E-state index >= 15 is 0 Å². The quantitative estimate of drug-likeness (QED) is 0.452. The summed E-state index contributed by atoms with van der Waals surface area (Å²) in [6.45, 7) is 6.89. The average Bonchev–Trinajstić information content (AvgIpc) is 2.36. The molecule has 1 heterocycles. The highest BCUT2D eigenvalue weighted by atomic mass is 127. The van der Waals surface area contributed by atoms with Gasteiger partial charge in [-0.25, -0.2) is 18.2 Å². The summed E-state index contributed by atoms with van der Waals surface area (Å²) in [7, 11) is -3.40. The molecule has 1 aromatic heterocycles. The summed E-state index contributed by atoms with van der Waals surface area (Å²) >= 11 is 2.06. The van der Waals surface area contributed by atoms with Crippen molar-refractivity contribution >= 4 is 42.3 Å². The monoisotopic (exact) mass is 389 g/mol. The first kappa shape index (κ1) is 14.4. The average molecular weight is 389 g/mol. The molecule has 2 rings (SSSR count). The second-order valence-corrected chi connectivity index (χ2v) is 7.02. The Balaban J connectivity index is 2.05. The van der Waals surface area contributed by atoms with E-state index in [1.54, 1.807) is 4.22 Å². The first-order valence-corrected chi connectivity index (χ1v) is 8.63. The number of sulfone groups is 1. The fourth-order valence-corrected chi connectivity index (χ4v) is 4.11. The Bertz CT molecular complexity index is 631. The Morgan fingerprint density at radius 2 is 2.32 bits per heavy atom. The number of rotatable bonds is 4. The van der Waals surface area contributed by atoms with Crippen LogP contribution in [0.1, 0.15) is 12.8 Å². The zero-order valence-electron chi connectivity index (χ0n) is 10.0. The number of aromatic nitrogens is 1. The summed E-state index contributed by atoms with van der Waals surface area (Å²) in [6.07, 6.45) is 2.98. The van der Waals surface area contributed by atoms with Crippen LogP contribution in [0.15, 0.2) is 28.3 Å². The van der Waals surface area contributed by atoms with Crippen molar-refractivity contribution in [2.75, 3.05) is 5.75 Å². The molecule has 0 aliphatic heterocycles. The van der Waals surface area contributed by atoms with Gasteiger partial charge in [0.1, 0.15) is 5.03 Å². The topological polar surface area (TPSA) is 63.8 Å². The van der Waals surface area contributed by atoms with Gasteiger partial charge in [-0.1, -0.05) is 0 Å². The van der Waals surface area contributed by atoms with Crippen LogP contribution in [0.5, 0.6) is 0 Å². The minimum Gasteiger partial charge on any atom is -0.283 e. The molecule has 1 aliphatic carbocycles. The normalized spacial score (nSPS) is 22.9. The minimum atomic E-state index is -3.40. The molecule has 7 heteroatoms. The van der Waals surface area contributed by atoms with E-state index in [-0.39, 0.29) is 22.7 Å². The van der Waals surface area contributed by atoms with Crippen LogP contribution < -0.4 is 0 Å². The largest absolute Gasteiger partial charge is 0.283 e. The summed E-state index contributed by atoms with van der Waals surface area (Å²) in [5.41, 5.74) is 0.301. The Morgan fingerprint density at radius 1 is 1.58 bits per heavy atom. The number of aliphatic imine (C=N–C) groups is 1. The summed E-state index contributed by atoms with van der Waals surface area (Å²) in [5, 5.41) is 0.00171. The number of pyridine rings is 1. The third kappa shape index (κ3) is 3.51. The second-order valence-electron chi connectivity index (χ2n) is 4.48. The Morgan fingerprint density at radius 3 is 2.95 bits per heavy atom. The summed E-state index contributed by atoms with van der Waals surface area (Å²) in [5.74, 6) is 0.239. The lowest BCUT2D eigenvalue weighted by Gasteiger charge is -2.31. The van der Waals surface area contributed by atoms with Crippen LogP contribution in [0.4, 0.5) is 5.69 Å². The van der Waals surface area contributed by atoms with E-state index in [9.17, 15) is 8.42 Å². The van der Waals surface area contributed by atoms with Crippen molar-refractivity contribution in [3.63, 3.8) is 0 Å². The molecule has 0 N–H and O–H groups in total. The number of halogens is 1. The van der Waals surface area contributed by atoms with Crippen LogP contribution in [-0.2, 0) is 9.84 Å². The van der Waals surface area contributed by atoms with Crippen molar-refractivity contribution in [1.29, 1.82) is 0 Å². The Labute approximate surface area is 126 Å². The molecule has 1 aliphatic rings. The third-order valence-electron chi connectivity index (χ3n) is 3.10. The molecule has 100 valence electrons. The molecule has 0 bridgehead atoms. The lowest BCUT2D eigenvalue weighted by molar-refractivity contribution is 0.294. The first-order valence-electron chi connectivity index (χ1n) is 5.73. The predicted molar refractivity (Wildman–Crippen MR) is 81.6 cm³/mol. The second kappa shape index (κ2) is 5.96. The molecule has 0 unspecified atom stereocenters. The van der Waals surface area contributed by atoms with E-state index < -0.39 is 9.84 Å². The van der Waals surface area contributed by atoms with E-state index in [1.165, 1.54) is 18.3 Å². The zero-order valence-corrected chi connectivity index (χ0v) is 13.0. The predicted octanol–water partition coefficient (Wildman–Crippen LogP) is 2.65. The molecule has 0 aromatic carbocycles. The summed E-state index contributed by atoms with van der Waals surface area (Å²) in [6, 6.07) is 3.10. The third-order valence-corrected chi connectivity index (χ3v) is 5.19. The van der Waals surface area contributed by atoms with Crippen molar-refractivity contribution < 1.29 is 8.42 Å². The van der Waals surface area contributed by atoms with Crippen LogP contribution in [0.25, 0.3) is 4.85 Å². The first-order chi connectivity index (χ1) is 9.05. The van der Waals surface area contributed by atoms with Crippen molar-refractivity contribution in [2.45, 2.75) is 23.9 Å². The van der Waals surface area contributed by atoms with Crippen molar-refractivity contribution in [3.8, 4) is 0 Å². The zero-order chi connectivity index (χ0) is 13.9. The molecule has 0 atom stereocenters. The molecule has 0 saturated heterocycles. The maximum Gasteiger partial charge on any atom is 0.194 e. The highest BCUT2D eigenvalue weighted by Crippen LogP contribution is 2.32. The van der Waals surface area contributed by atoms with Crippen LogP contribution in [-0.4, -0.2) is 29.4 Å². The van der Waals surface area contributed by atoms with Gasteiger partial charge in [0, 0.05) is 6.20 Å². The Hall–Kier alpha value is -1.01. The van der Waals surface area contributed by atoms with Crippen LogP contribution in [0, 0.1) is 12.5 Å². The molecule has 0 spiro atoms. The fourth-order valence-electron chi connectivity index (χ4n) is 2.07. The van der Waals surface area contributed by atoms with Gasteiger partial charge in [0.25, 0.3) is 0 Å². The summed E-state index contributed by atoms with van der Waals surface area (Å²) in [4.78, 5) is 11.3. The highest BCUT2D eigenvalue weighted by molar-refractivity contribution is 14.1. The van der Waals surface area contributed by atoms with Gasteiger partial charge in [-0.3, -0.25) is 4.99 Å². The van der Waals surface area contributed by atoms with Gasteiger partial charge in [-0.15, -0.1) is 0 Å². The fraction of sp³-hybridized carbons (Fsp3) is 0.417. The lowest BCUT2D eigenvalue weighted by atomic mass is 9.82. The molecule has 1 fully saturated rings. The standard InChI is InChI=1S/C12H12IN3O2S/c1-14-10-2-3-15-12(6-10)19(17,18)7-9-4-11(5-9)16-8-13/h2-3,6,8-9,11H,4-5,7H2. The van der Waals surface area contributed by atoms with Crippen LogP contribution in [0.3, 0.4) is 0 Å². The Kier molecular flexibility index (Phi) is 4.52. The van der Waals surface area contributed by atoms with E-state index in [0.717, 1.165) is 12.8 Å². The van der Waals surface area contributed by atoms with Gasteiger partial charge in [-0.05, 0) is 53.5 Å². The van der Waals surface area contributed by atoms with E-state index in [4.69, 9.17) is 6.57 Å². The smallest absolute Gasteiger partial charge is 0.194 e. The van der Waals surface area contributed by atoms with Crippen LogP contribution >= 0.6 is 22.6 Å². The number of hydrogen-bond acceptors (Lipinski definition) is 4. The molecular weight excluding hydrogens is 377 g/mol. The molecule has 1 saturated carbocycles. The van der Waals surface area contributed by atoms with Crippen LogP contribution in [0.2, 0.25) is 0 Å². The SMILES string of the molecule is [C-]#[N+]c1ccnc(S(=O)(=O)CC2CC(N=CI)C2)c1. The minimum absolute atomic E-state index is 0.00171. The van der Waals surface area contributed by atoms with Gasteiger partial charge in [0.15, 0.2) is 15.5 Å². The van der Waals surface area contributed by atoms with Crippen molar-refractivity contribution in [3.05, 3.63) is 29.7 Å². The van der Waals surface area contributed by atoms with Gasteiger partial charge in [0.05, 0.1) is 22.6 Å². The molecule has 0 amide bonds. The highest BCUT2D eigenvalue weighted by Gasteiger charge is 2.33. The van der Waals surface area contributed by atoms with Gasteiger partial charge >= 0.3 is 0 Å². The van der Waals surface area contributed by atoms with Gasteiger partial charge in [-0.2, -0.15) is 0 Å². The van der Waals surface area contributed by atoms with E-state index in [1.807, 2.05) is 0 Å². The van der Waals surface area contributed by atoms with Crippen molar-refractivity contribution in [2.24, 2.45) is 10.9 Å². The molecule has 1 aromatic rings. The van der Waals surface area contributed by atoms with E-state index in [2.05, 4.69) is 37.4 Å². The molecule has 0 radical (unpaired) electrons. The summed E-state index contributed by atoms with van der Waals surface area (Å²) < 4.78 is 26.1. The van der Waals surface area contributed by atoms with Gasteiger partial charge in [0.2, 0.25) is 0 Å². The molecule has 5 nitrogen and oxygen atoms in total. The van der Waals surface area contributed by atoms with Crippen molar-refractivity contribution in [1.82, 2.24) is 4.98 Å². The molecule has 19 heavy (non-hydrogen) atoms. The molecular formula is C12H12IN3O2S. The van der Waals surface area contributed by atoms with E-state index in [0.29, 0.717) is 5.69 Å². The number of hydrogen-bond donors (Lipinski definition) is 0. The lowest BCUT2D eigenvalue weighted by Crippen LogP contribution is -2.32. The van der Waals surface area contributed by atoms with Gasteiger partial charge < -0.3 is 0 Å². The maximum absolute atomic E-state index is 12.2.